The Labute approximate surface area is 125 Å². The Morgan fingerprint density at radius 1 is 1.35 bits per heavy atom. The van der Waals surface area contributed by atoms with Crippen LogP contribution in [0.5, 0.6) is 0 Å². The van der Waals surface area contributed by atoms with Crippen molar-refractivity contribution in [2.45, 2.75) is 45.1 Å². The molecule has 0 radical (unpaired) electrons. The zero-order valence-corrected chi connectivity index (χ0v) is 12.8. The number of rotatable bonds is 4. The maximum Gasteiger partial charge on any atom is 0.113 e. The van der Waals surface area contributed by atoms with Crippen LogP contribution in [0.1, 0.15) is 44.3 Å². The van der Waals surface area contributed by atoms with Gasteiger partial charge in [0.15, 0.2) is 0 Å². The molecular formula is C16H22ClN3. The van der Waals surface area contributed by atoms with Gasteiger partial charge in [0.2, 0.25) is 0 Å². The van der Waals surface area contributed by atoms with Crippen LogP contribution in [0.3, 0.4) is 0 Å². The first-order valence-electron chi connectivity index (χ1n) is 7.66. The lowest BCUT2D eigenvalue weighted by Crippen LogP contribution is -2.28. The fourth-order valence-electron chi connectivity index (χ4n) is 3.06. The Morgan fingerprint density at radius 2 is 2.15 bits per heavy atom. The van der Waals surface area contributed by atoms with Crippen LogP contribution in [0.4, 0.5) is 0 Å². The number of nitrogens with one attached hydrogen (secondary N) is 1. The van der Waals surface area contributed by atoms with Crippen molar-refractivity contribution < 1.29 is 0 Å². The third kappa shape index (κ3) is 2.70. The Hall–Kier alpha value is -1.06. The molecular weight excluding hydrogens is 270 g/mol. The molecule has 1 fully saturated rings. The maximum absolute atomic E-state index is 6.11. The first-order valence-corrected chi connectivity index (χ1v) is 8.04. The Morgan fingerprint density at radius 3 is 2.90 bits per heavy atom. The van der Waals surface area contributed by atoms with E-state index < -0.39 is 0 Å². The third-order valence-corrected chi connectivity index (χ3v) is 4.41. The lowest BCUT2D eigenvalue weighted by atomic mass is 9.97. The molecule has 1 saturated heterocycles. The van der Waals surface area contributed by atoms with E-state index >= 15 is 0 Å². The zero-order chi connectivity index (χ0) is 13.9. The van der Waals surface area contributed by atoms with Gasteiger partial charge in [-0.2, -0.15) is 0 Å². The quantitative estimate of drug-likeness (QED) is 0.924. The van der Waals surface area contributed by atoms with Gasteiger partial charge in [0, 0.05) is 17.5 Å². The molecule has 0 spiro atoms. The summed E-state index contributed by atoms with van der Waals surface area (Å²) in [5.41, 5.74) is 2.28. The second kappa shape index (κ2) is 6.15. The van der Waals surface area contributed by atoms with Crippen molar-refractivity contribution in [1.82, 2.24) is 14.9 Å². The minimum absolute atomic E-state index is 0.583. The second-order valence-electron chi connectivity index (χ2n) is 5.63. The van der Waals surface area contributed by atoms with E-state index in [2.05, 4.69) is 22.9 Å². The third-order valence-electron chi connectivity index (χ3n) is 4.18. The van der Waals surface area contributed by atoms with E-state index in [1.54, 1.807) is 0 Å². The van der Waals surface area contributed by atoms with E-state index in [0.717, 1.165) is 30.2 Å². The summed E-state index contributed by atoms with van der Waals surface area (Å²) >= 11 is 6.11. The number of nitrogens with zero attached hydrogens (tertiary/aromatic N) is 2. The maximum atomic E-state index is 6.11. The molecule has 0 unspecified atom stereocenters. The van der Waals surface area contributed by atoms with Crippen molar-refractivity contribution in [3.8, 4) is 0 Å². The molecule has 1 aliphatic heterocycles. The predicted octanol–water partition coefficient (Wildman–Crippen LogP) is 3.96. The van der Waals surface area contributed by atoms with Crippen LogP contribution in [0.2, 0.25) is 5.02 Å². The number of aryl methyl sites for hydroxylation is 1. The molecule has 3 nitrogen and oxygen atoms in total. The van der Waals surface area contributed by atoms with Crippen LogP contribution < -0.4 is 5.32 Å². The van der Waals surface area contributed by atoms with Gasteiger partial charge >= 0.3 is 0 Å². The minimum Gasteiger partial charge on any atom is -0.328 e. The van der Waals surface area contributed by atoms with E-state index in [1.807, 2.05) is 12.1 Å². The Kier molecular flexibility index (Phi) is 4.27. The monoisotopic (exact) mass is 291 g/mol. The summed E-state index contributed by atoms with van der Waals surface area (Å²) < 4.78 is 2.42. The van der Waals surface area contributed by atoms with Gasteiger partial charge in [-0.3, -0.25) is 0 Å². The highest BCUT2D eigenvalue weighted by atomic mass is 35.5. The molecule has 3 rings (SSSR count). The summed E-state index contributed by atoms with van der Waals surface area (Å²) in [6, 6.07) is 6.08. The SMILES string of the molecule is CCCCn1c(C2CCNCC2)nc2cc(Cl)ccc21. The fourth-order valence-corrected chi connectivity index (χ4v) is 3.23. The van der Waals surface area contributed by atoms with Gasteiger partial charge in [-0.25, -0.2) is 4.98 Å². The molecule has 108 valence electrons. The van der Waals surface area contributed by atoms with Gasteiger partial charge < -0.3 is 9.88 Å². The summed E-state index contributed by atoms with van der Waals surface area (Å²) in [5, 5.41) is 4.20. The highest BCUT2D eigenvalue weighted by Gasteiger charge is 2.22. The molecule has 0 amide bonds. The number of benzene rings is 1. The van der Waals surface area contributed by atoms with Crippen molar-refractivity contribution in [1.29, 1.82) is 0 Å². The molecule has 1 aromatic carbocycles. The largest absolute Gasteiger partial charge is 0.328 e. The van der Waals surface area contributed by atoms with Crippen LogP contribution in [-0.4, -0.2) is 22.6 Å². The minimum atomic E-state index is 0.583. The van der Waals surface area contributed by atoms with Gasteiger partial charge in [-0.15, -0.1) is 0 Å². The molecule has 0 aliphatic carbocycles. The first-order chi connectivity index (χ1) is 9.79. The highest BCUT2D eigenvalue weighted by molar-refractivity contribution is 6.31. The van der Waals surface area contributed by atoms with Gasteiger partial charge in [0.1, 0.15) is 5.82 Å². The van der Waals surface area contributed by atoms with Crippen LogP contribution in [0.15, 0.2) is 18.2 Å². The summed E-state index contributed by atoms with van der Waals surface area (Å²) in [7, 11) is 0. The highest BCUT2D eigenvalue weighted by Crippen LogP contribution is 2.29. The number of imidazole rings is 1. The molecule has 2 heterocycles. The molecule has 4 heteroatoms. The van der Waals surface area contributed by atoms with Crippen molar-refractivity contribution >= 4 is 22.6 Å². The van der Waals surface area contributed by atoms with Gasteiger partial charge in [0.25, 0.3) is 0 Å². The van der Waals surface area contributed by atoms with Crippen LogP contribution in [0.25, 0.3) is 11.0 Å². The van der Waals surface area contributed by atoms with E-state index in [4.69, 9.17) is 16.6 Å². The standard InChI is InChI=1S/C16H22ClN3/c1-2-3-10-20-15-5-4-13(17)11-14(15)19-16(20)12-6-8-18-9-7-12/h4-5,11-12,18H,2-3,6-10H2,1H3. The number of hydrogen-bond acceptors (Lipinski definition) is 2. The van der Waals surface area contributed by atoms with Crippen LogP contribution in [0, 0.1) is 0 Å². The molecule has 2 aromatic rings. The average Bonchev–Trinajstić information content (AvgIpc) is 2.83. The van der Waals surface area contributed by atoms with Crippen LogP contribution >= 0.6 is 11.6 Å². The molecule has 0 atom stereocenters. The lowest BCUT2D eigenvalue weighted by molar-refractivity contribution is 0.430. The van der Waals surface area contributed by atoms with Gasteiger partial charge in [-0.1, -0.05) is 24.9 Å². The van der Waals surface area contributed by atoms with Gasteiger partial charge in [0.05, 0.1) is 11.0 Å². The molecule has 20 heavy (non-hydrogen) atoms. The van der Waals surface area contributed by atoms with Crippen molar-refractivity contribution in [2.75, 3.05) is 13.1 Å². The summed E-state index contributed by atoms with van der Waals surface area (Å²) in [4.78, 5) is 4.90. The van der Waals surface area contributed by atoms with E-state index in [9.17, 15) is 0 Å². The fraction of sp³-hybridized carbons (Fsp3) is 0.562. The second-order valence-corrected chi connectivity index (χ2v) is 6.07. The molecule has 1 aliphatic rings. The first kappa shape index (κ1) is 13.9. The number of halogens is 1. The Balaban J connectivity index is 2.03. The molecule has 1 aromatic heterocycles. The predicted molar refractivity (Wildman–Crippen MR) is 84.5 cm³/mol. The Bertz CT molecular complexity index is 585. The normalized spacial score (nSPS) is 16.9. The number of aromatic nitrogens is 2. The summed E-state index contributed by atoms with van der Waals surface area (Å²) in [6.07, 6.45) is 4.78. The number of fused-ring (bicyclic) bond motifs is 1. The van der Waals surface area contributed by atoms with E-state index in [0.29, 0.717) is 5.92 Å². The summed E-state index contributed by atoms with van der Waals surface area (Å²) in [6.45, 7) is 5.50. The molecule has 0 saturated carbocycles. The number of piperidine rings is 1. The number of unbranched alkanes of at least 4 members (excludes halogenated alkanes) is 1. The van der Waals surface area contributed by atoms with Gasteiger partial charge in [-0.05, 0) is 50.6 Å². The topological polar surface area (TPSA) is 29.9 Å². The van der Waals surface area contributed by atoms with Crippen molar-refractivity contribution in [2.24, 2.45) is 0 Å². The van der Waals surface area contributed by atoms with Crippen molar-refractivity contribution in [3.05, 3.63) is 29.0 Å². The average molecular weight is 292 g/mol. The van der Waals surface area contributed by atoms with E-state index in [1.165, 1.54) is 37.0 Å². The molecule has 1 N–H and O–H groups in total. The lowest BCUT2D eigenvalue weighted by Gasteiger charge is -2.23. The zero-order valence-electron chi connectivity index (χ0n) is 12.0. The van der Waals surface area contributed by atoms with Crippen molar-refractivity contribution in [3.63, 3.8) is 0 Å². The number of hydrogen-bond donors (Lipinski definition) is 1. The summed E-state index contributed by atoms with van der Waals surface area (Å²) in [5.74, 6) is 1.84. The van der Waals surface area contributed by atoms with Crippen LogP contribution in [-0.2, 0) is 6.54 Å². The molecule has 0 bridgehead atoms. The van der Waals surface area contributed by atoms with E-state index in [-0.39, 0.29) is 0 Å². The smallest absolute Gasteiger partial charge is 0.113 e.